The first-order chi connectivity index (χ1) is 13.6. The van der Waals surface area contributed by atoms with Crippen LogP contribution < -0.4 is 10.6 Å². The lowest BCUT2D eigenvalue weighted by molar-refractivity contribution is -0.119. The van der Waals surface area contributed by atoms with Crippen molar-refractivity contribution in [3.05, 3.63) is 64.9 Å². The number of anilines is 1. The number of nitrogens with zero attached hydrogens (tertiary/aromatic N) is 2. The molecular weight excluding hydrogens is 389 g/mol. The second kappa shape index (κ2) is 7.68. The Morgan fingerprint density at radius 2 is 1.97 bits per heavy atom. The van der Waals surface area contributed by atoms with Crippen LogP contribution in [-0.2, 0) is 10.2 Å². The number of rotatable bonds is 4. The second-order valence-corrected chi connectivity index (χ2v) is 9.29. The zero-order valence-corrected chi connectivity index (χ0v) is 17.6. The molecule has 0 saturated carbocycles. The van der Waals surface area contributed by atoms with Crippen molar-refractivity contribution in [2.45, 2.75) is 51.1 Å². The van der Waals surface area contributed by atoms with Gasteiger partial charge in [0, 0.05) is 22.7 Å². The lowest BCUT2D eigenvalue weighted by atomic mass is 9.70. The van der Waals surface area contributed by atoms with Crippen LogP contribution >= 0.6 is 11.6 Å². The minimum absolute atomic E-state index is 0.118. The molecule has 4 nitrogen and oxygen atoms in total. The van der Waals surface area contributed by atoms with Crippen LogP contribution in [0.4, 0.5) is 10.1 Å². The highest BCUT2D eigenvalue weighted by Gasteiger charge is 2.57. The number of benzene rings is 2. The Hall–Kier alpha value is -2.58. The van der Waals surface area contributed by atoms with Crippen molar-refractivity contribution in [3.63, 3.8) is 0 Å². The second-order valence-electron chi connectivity index (χ2n) is 8.85. The molecule has 2 N–H and O–H groups in total. The summed E-state index contributed by atoms with van der Waals surface area (Å²) in [5, 5.41) is 10.6. The van der Waals surface area contributed by atoms with Gasteiger partial charge in [-0.15, -0.1) is 0 Å². The average molecular weight is 414 g/mol. The van der Waals surface area contributed by atoms with E-state index in [1.807, 2.05) is 35.2 Å². The Morgan fingerprint density at radius 3 is 2.48 bits per heavy atom. The van der Waals surface area contributed by atoms with E-state index < -0.39 is 29.2 Å². The minimum Gasteiger partial charge on any atom is -0.368 e. The monoisotopic (exact) mass is 413 g/mol. The SMILES string of the molecule is CC(C)(C)CC1N(c2ccccc2)C(C(N)=O)CC1(C#N)c1ccc(Cl)cc1F. The number of nitriles is 1. The van der Waals surface area contributed by atoms with Crippen molar-refractivity contribution in [1.29, 1.82) is 5.26 Å². The van der Waals surface area contributed by atoms with Gasteiger partial charge in [0.2, 0.25) is 5.91 Å². The fourth-order valence-corrected chi connectivity index (χ4v) is 4.52. The van der Waals surface area contributed by atoms with Gasteiger partial charge in [-0.1, -0.05) is 56.6 Å². The van der Waals surface area contributed by atoms with Crippen LogP contribution in [0.25, 0.3) is 0 Å². The van der Waals surface area contributed by atoms with E-state index in [2.05, 4.69) is 26.8 Å². The van der Waals surface area contributed by atoms with Crippen LogP contribution in [0.3, 0.4) is 0 Å². The molecule has 0 spiro atoms. The minimum atomic E-state index is -1.24. The van der Waals surface area contributed by atoms with Crippen molar-refractivity contribution in [2.24, 2.45) is 11.1 Å². The fraction of sp³-hybridized carbons (Fsp3) is 0.391. The quantitative estimate of drug-likeness (QED) is 0.781. The molecule has 152 valence electrons. The molecule has 0 aromatic heterocycles. The molecule has 1 heterocycles. The summed E-state index contributed by atoms with van der Waals surface area (Å²) in [6, 6.07) is 15.0. The summed E-state index contributed by atoms with van der Waals surface area (Å²) in [4.78, 5) is 14.3. The van der Waals surface area contributed by atoms with E-state index in [-0.39, 0.29) is 22.4 Å². The summed E-state index contributed by atoms with van der Waals surface area (Å²) in [6.07, 6.45) is 0.689. The number of hydrogen-bond donors (Lipinski definition) is 1. The number of nitrogens with two attached hydrogens (primary N) is 1. The number of hydrogen-bond acceptors (Lipinski definition) is 3. The summed E-state index contributed by atoms with van der Waals surface area (Å²) in [5.41, 5.74) is 5.39. The van der Waals surface area contributed by atoms with Crippen molar-refractivity contribution >= 4 is 23.2 Å². The molecule has 3 unspecified atom stereocenters. The Morgan fingerprint density at radius 1 is 1.31 bits per heavy atom. The first kappa shape index (κ1) is 21.1. The summed E-state index contributed by atoms with van der Waals surface area (Å²) < 4.78 is 15.0. The summed E-state index contributed by atoms with van der Waals surface area (Å²) in [7, 11) is 0. The first-order valence-corrected chi connectivity index (χ1v) is 9.96. The summed E-state index contributed by atoms with van der Waals surface area (Å²) in [6.45, 7) is 6.19. The van der Waals surface area contributed by atoms with Gasteiger partial charge in [-0.2, -0.15) is 5.26 Å². The molecular formula is C23H25ClFN3O. The van der Waals surface area contributed by atoms with Crippen molar-refractivity contribution in [1.82, 2.24) is 0 Å². The highest BCUT2D eigenvalue weighted by atomic mass is 35.5. The topological polar surface area (TPSA) is 70.1 Å². The Labute approximate surface area is 176 Å². The van der Waals surface area contributed by atoms with E-state index in [9.17, 15) is 10.1 Å². The summed E-state index contributed by atoms with van der Waals surface area (Å²) in [5.74, 6) is -1.07. The van der Waals surface area contributed by atoms with Gasteiger partial charge in [0.15, 0.2) is 0 Å². The number of amides is 1. The molecule has 3 rings (SSSR count). The third-order valence-corrected chi connectivity index (χ3v) is 5.79. The van der Waals surface area contributed by atoms with Gasteiger partial charge >= 0.3 is 0 Å². The zero-order valence-electron chi connectivity index (χ0n) is 16.8. The average Bonchev–Trinajstić information content (AvgIpc) is 2.96. The summed E-state index contributed by atoms with van der Waals surface area (Å²) >= 11 is 5.95. The molecule has 0 aliphatic carbocycles. The zero-order chi connectivity index (χ0) is 21.4. The molecule has 6 heteroatoms. The van der Waals surface area contributed by atoms with Gasteiger partial charge in [0.25, 0.3) is 0 Å². The maximum Gasteiger partial charge on any atom is 0.240 e. The Bertz CT molecular complexity index is 951. The number of primary amides is 1. The standard InChI is InChI=1S/C23H25ClFN3O/c1-22(2,3)13-20-23(14-26,17-10-9-15(24)11-18(17)25)12-19(21(27)29)28(20)16-7-5-4-6-8-16/h4-11,19-20H,12-13H2,1-3H3,(H2,27,29). The molecule has 1 fully saturated rings. The van der Waals surface area contributed by atoms with Gasteiger partial charge in [0.1, 0.15) is 17.3 Å². The molecule has 1 saturated heterocycles. The van der Waals surface area contributed by atoms with Crippen LogP contribution in [0.2, 0.25) is 5.02 Å². The number of para-hydroxylation sites is 1. The van der Waals surface area contributed by atoms with Gasteiger partial charge in [0.05, 0.1) is 12.1 Å². The number of carbonyl (C=O) groups is 1. The highest BCUT2D eigenvalue weighted by molar-refractivity contribution is 6.30. The van der Waals surface area contributed by atoms with Crippen LogP contribution in [0.15, 0.2) is 48.5 Å². The molecule has 2 aromatic rings. The van der Waals surface area contributed by atoms with Gasteiger partial charge < -0.3 is 10.6 Å². The lowest BCUT2D eigenvalue weighted by Crippen LogP contribution is -2.48. The van der Waals surface area contributed by atoms with Crippen molar-refractivity contribution in [3.8, 4) is 6.07 Å². The maximum atomic E-state index is 15.0. The van der Waals surface area contributed by atoms with Crippen molar-refractivity contribution < 1.29 is 9.18 Å². The molecule has 1 aliphatic rings. The maximum absolute atomic E-state index is 15.0. The Kier molecular flexibility index (Phi) is 5.60. The fourth-order valence-electron chi connectivity index (χ4n) is 4.37. The first-order valence-electron chi connectivity index (χ1n) is 9.58. The van der Waals surface area contributed by atoms with Crippen LogP contribution in [0.1, 0.15) is 39.2 Å². The number of halogens is 2. The van der Waals surface area contributed by atoms with Crippen LogP contribution in [0, 0.1) is 22.6 Å². The van der Waals surface area contributed by atoms with E-state index in [0.717, 1.165) is 5.69 Å². The molecule has 3 atom stereocenters. The van der Waals surface area contributed by atoms with Crippen molar-refractivity contribution in [2.75, 3.05) is 4.90 Å². The number of carbonyl (C=O) groups excluding carboxylic acids is 1. The highest BCUT2D eigenvalue weighted by Crippen LogP contribution is 2.49. The normalized spacial score (nSPS) is 24.3. The smallest absolute Gasteiger partial charge is 0.240 e. The van der Waals surface area contributed by atoms with Gasteiger partial charge in [-0.25, -0.2) is 4.39 Å². The third-order valence-electron chi connectivity index (χ3n) is 5.56. The Balaban J connectivity index is 2.26. The van der Waals surface area contributed by atoms with Crippen LogP contribution in [-0.4, -0.2) is 18.0 Å². The molecule has 0 radical (unpaired) electrons. The van der Waals surface area contributed by atoms with Gasteiger partial charge in [-0.3, -0.25) is 4.79 Å². The van der Waals surface area contributed by atoms with E-state index in [0.29, 0.717) is 6.42 Å². The molecule has 1 amide bonds. The van der Waals surface area contributed by atoms with Gasteiger partial charge in [-0.05, 0) is 36.1 Å². The molecule has 2 aromatic carbocycles. The van der Waals surface area contributed by atoms with E-state index in [4.69, 9.17) is 17.3 Å². The van der Waals surface area contributed by atoms with E-state index in [1.165, 1.54) is 6.07 Å². The predicted octanol–water partition coefficient (Wildman–Crippen LogP) is 4.81. The molecule has 1 aliphatic heterocycles. The molecule has 29 heavy (non-hydrogen) atoms. The van der Waals surface area contributed by atoms with E-state index >= 15 is 4.39 Å². The van der Waals surface area contributed by atoms with Crippen LogP contribution in [0.5, 0.6) is 0 Å². The lowest BCUT2D eigenvalue weighted by Gasteiger charge is -2.39. The predicted molar refractivity (Wildman–Crippen MR) is 113 cm³/mol. The third kappa shape index (κ3) is 3.95. The largest absolute Gasteiger partial charge is 0.368 e. The molecule has 0 bridgehead atoms. The van der Waals surface area contributed by atoms with E-state index in [1.54, 1.807) is 12.1 Å².